The fraction of sp³-hybridized carbons (Fsp3) is 0.357. The van der Waals surface area contributed by atoms with Crippen LogP contribution >= 0.6 is 23.2 Å². The van der Waals surface area contributed by atoms with E-state index in [-0.39, 0.29) is 6.04 Å². The van der Waals surface area contributed by atoms with Crippen LogP contribution in [0.4, 0.5) is 0 Å². The van der Waals surface area contributed by atoms with Crippen molar-refractivity contribution in [3.05, 3.63) is 50.8 Å². The zero-order valence-corrected chi connectivity index (χ0v) is 12.8. The Hall–Kier alpha value is -1.03. The van der Waals surface area contributed by atoms with Gasteiger partial charge in [-0.2, -0.15) is 5.10 Å². The van der Waals surface area contributed by atoms with Crippen LogP contribution in [0.5, 0.6) is 0 Å². The van der Waals surface area contributed by atoms with Crippen molar-refractivity contribution < 1.29 is 0 Å². The number of benzene rings is 1. The van der Waals surface area contributed by atoms with E-state index >= 15 is 0 Å². The van der Waals surface area contributed by atoms with E-state index in [4.69, 9.17) is 28.9 Å². The molecule has 1 aromatic carbocycles. The van der Waals surface area contributed by atoms with Gasteiger partial charge in [0, 0.05) is 23.7 Å². The van der Waals surface area contributed by atoms with Crippen molar-refractivity contribution in [1.82, 2.24) is 9.78 Å². The van der Waals surface area contributed by atoms with Gasteiger partial charge >= 0.3 is 0 Å². The number of rotatable bonds is 3. The number of hydrogen-bond acceptors (Lipinski definition) is 2. The van der Waals surface area contributed by atoms with Gasteiger partial charge in [-0.15, -0.1) is 0 Å². The van der Waals surface area contributed by atoms with E-state index in [0.717, 1.165) is 22.4 Å². The molecule has 0 aliphatic heterocycles. The molecule has 0 saturated heterocycles. The Morgan fingerprint density at radius 2 is 2.00 bits per heavy atom. The Morgan fingerprint density at radius 1 is 1.32 bits per heavy atom. The van der Waals surface area contributed by atoms with E-state index in [1.807, 2.05) is 39.1 Å². The smallest absolute Gasteiger partial charge is 0.130 e. The predicted octanol–water partition coefficient (Wildman–Crippen LogP) is 3.59. The van der Waals surface area contributed by atoms with Crippen LogP contribution in [0.1, 0.15) is 28.4 Å². The number of nitrogens with zero attached hydrogens (tertiary/aromatic N) is 2. The molecule has 1 unspecified atom stereocenters. The highest BCUT2D eigenvalue weighted by molar-refractivity contribution is 6.31. The Labute approximate surface area is 123 Å². The van der Waals surface area contributed by atoms with Gasteiger partial charge in [0.1, 0.15) is 5.15 Å². The third-order valence-corrected chi connectivity index (χ3v) is 4.05. The Morgan fingerprint density at radius 3 is 2.53 bits per heavy atom. The van der Waals surface area contributed by atoms with Crippen LogP contribution in [0.15, 0.2) is 18.2 Å². The molecule has 5 heteroatoms. The molecule has 0 radical (unpaired) electrons. The van der Waals surface area contributed by atoms with Crippen LogP contribution in [0.3, 0.4) is 0 Å². The maximum absolute atomic E-state index is 6.24. The van der Waals surface area contributed by atoms with Crippen LogP contribution in [0.2, 0.25) is 10.2 Å². The van der Waals surface area contributed by atoms with E-state index in [1.54, 1.807) is 4.68 Å². The molecule has 0 spiro atoms. The summed E-state index contributed by atoms with van der Waals surface area (Å²) in [4.78, 5) is 0. The van der Waals surface area contributed by atoms with Crippen LogP contribution in [0.25, 0.3) is 0 Å². The van der Waals surface area contributed by atoms with Gasteiger partial charge in [0.25, 0.3) is 0 Å². The van der Waals surface area contributed by atoms with Gasteiger partial charge in [0.15, 0.2) is 0 Å². The molecule has 0 aliphatic carbocycles. The lowest BCUT2D eigenvalue weighted by Crippen LogP contribution is -2.14. The number of nitrogens with two attached hydrogens (primary N) is 1. The first-order chi connectivity index (χ1) is 8.90. The number of aromatic nitrogens is 2. The van der Waals surface area contributed by atoms with Gasteiger partial charge in [-0.05, 0) is 37.5 Å². The lowest BCUT2D eigenvalue weighted by atomic mass is 9.99. The summed E-state index contributed by atoms with van der Waals surface area (Å²) in [7, 11) is 1.82. The lowest BCUT2D eigenvalue weighted by molar-refractivity contribution is 0.718. The van der Waals surface area contributed by atoms with Crippen molar-refractivity contribution in [2.45, 2.75) is 26.3 Å². The standard InChI is InChI=1S/C14H17Cl2N3/c1-8-4-5-10(12(15)6-8)13(17)7-11-9(2)18-19(3)14(11)16/h4-6,13H,7,17H2,1-3H3. The van der Waals surface area contributed by atoms with E-state index in [9.17, 15) is 0 Å². The largest absolute Gasteiger partial charge is 0.324 e. The Bertz CT molecular complexity index is 605. The summed E-state index contributed by atoms with van der Waals surface area (Å²) < 4.78 is 1.66. The van der Waals surface area contributed by atoms with Gasteiger partial charge in [-0.1, -0.05) is 35.3 Å². The molecule has 3 nitrogen and oxygen atoms in total. The summed E-state index contributed by atoms with van der Waals surface area (Å²) in [6.45, 7) is 3.94. The second kappa shape index (κ2) is 5.53. The molecule has 1 atom stereocenters. The summed E-state index contributed by atoms with van der Waals surface area (Å²) in [5, 5.41) is 5.62. The monoisotopic (exact) mass is 297 g/mol. The van der Waals surface area contributed by atoms with Crippen molar-refractivity contribution in [2.24, 2.45) is 12.8 Å². The quantitative estimate of drug-likeness (QED) is 0.941. The zero-order valence-electron chi connectivity index (χ0n) is 11.2. The minimum atomic E-state index is -0.187. The van der Waals surface area contributed by atoms with Crippen LogP contribution in [-0.2, 0) is 13.5 Å². The lowest BCUT2D eigenvalue weighted by Gasteiger charge is -2.14. The fourth-order valence-corrected chi connectivity index (χ4v) is 2.80. The summed E-state index contributed by atoms with van der Waals surface area (Å²) >= 11 is 12.5. The maximum atomic E-state index is 6.24. The first kappa shape index (κ1) is 14.4. The van der Waals surface area contributed by atoms with Crippen molar-refractivity contribution in [3.8, 4) is 0 Å². The molecule has 102 valence electrons. The summed E-state index contributed by atoms with van der Waals surface area (Å²) in [5.74, 6) is 0. The number of aryl methyl sites for hydroxylation is 3. The molecule has 2 aromatic rings. The van der Waals surface area contributed by atoms with Gasteiger partial charge in [0.05, 0.1) is 5.69 Å². The summed E-state index contributed by atoms with van der Waals surface area (Å²) in [5.41, 5.74) is 10.2. The molecule has 0 fully saturated rings. The van der Waals surface area contributed by atoms with Crippen LogP contribution in [0, 0.1) is 13.8 Å². The van der Waals surface area contributed by atoms with E-state index in [0.29, 0.717) is 16.6 Å². The zero-order chi connectivity index (χ0) is 14.2. The van der Waals surface area contributed by atoms with E-state index in [1.165, 1.54) is 0 Å². The second-order valence-electron chi connectivity index (χ2n) is 4.81. The molecule has 0 amide bonds. The Kier molecular flexibility index (Phi) is 4.19. The van der Waals surface area contributed by atoms with E-state index < -0.39 is 0 Å². The third-order valence-electron chi connectivity index (χ3n) is 3.25. The maximum Gasteiger partial charge on any atom is 0.130 e. The SMILES string of the molecule is Cc1ccc(C(N)Cc2c(C)nn(C)c2Cl)c(Cl)c1. The highest BCUT2D eigenvalue weighted by Crippen LogP contribution is 2.28. The first-order valence-corrected chi connectivity index (χ1v) is 6.85. The molecule has 2 N–H and O–H groups in total. The molecule has 0 saturated carbocycles. The number of halogens is 2. The molecular weight excluding hydrogens is 281 g/mol. The van der Waals surface area contributed by atoms with Crippen molar-refractivity contribution in [3.63, 3.8) is 0 Å². The van der Waals surface area contributed by atoms with Crippen molar-refractivity contribution in [1.29, 1.82) is 0 Å². The molecule has 2 rings (SSSR count). The van der Waals surface area contributed by atoms with Gasteiger partial charge in [-0.3, -0.25) is 4.68 Å². The van der Waals surface area contributed by atoms with Crippen LogP contribution < -0.4 is 5.73 Å². The summed E-state index contributed by atoms with van der Waals surface area (Å²) in [6.07, 6.45) is 0.626. The molecular formula is C14H17Cl2N3. The highest BCUT2D eigenvalue weighted by Gasteiger charge is 2.17. The van der Waals surface area contributed by atoms with Crippen LogP contribution in [-0.4, -0.2) is 9.78 Å². The highest BCUT2D eigenvalue weighted by atomic mass is 35.5. The van der Waals surface area contributed by atoms with Crippen molar-refractivity contribution in [2.75, 3.05) is 0 Å². The first-order valence-electron chi connectivity index (χ1n) is 6.09. The molecule has 1 aromatic heterocycles. The Balaban J connectivity index is 2.28. The topological polar surface area (TPSA) is 43.8 Å². The average molecular weight is 298 g/mol. The molecule has 19 heavy (non-hydrogen) atoms. The van der Waals surface area contributed by atoms with Gasteiger partial charge in [-0.25, -0.2) is 0 Å². The predicted molar refractivity (Wildman–Crippen MR) is 79.8 cm³/mol. The van der Waals surface area contributed by atoms with E-state index in [2.05, 4.69) is 5.10 Å². The second-order valence-corrected chi connectivity index (χ2v) is 5.58. The average Bonchev–Trinajstić information content (AvgIpc) is 2.56. The third kappa shape index (κ3) is 2.94. The molecule has 0 bridgehead atoms. The summed E-state index contributed by atoms with van der Waals surface area (Å²) in [6, 6.07) is 5.73. The molecule has 0 aliphatic rings. The fourth-order valence-electron chi connectivity index (χ4n) is 2.17. The number of hydrogen-bond donors (Lipinski definition) is 1. The normalized spacial score (nSPS) is 12.7. The minimum absolute atomic E-state index is 0.187. The van der Waals surface area contributed by atoms with Crippen molar-refractivity contribution >= 4 is 23.2 Å². The van der Waals surface area contributed by atoms with Gasteiger partial charge in [0.2, 0.25) is 0 Å². The minimum Gasteiger partial charge on any atom is -0.324 e. The molecule has 1 heterocycles. The van der Waals surface area contributed by atoms with Gasteiger partial charge < -0.3 is 5.73 Å².